The van der Waals surface area contributed by atoms with E-state index in [2.05, 4.69) is 5.32 Å². The fraction of sp³-hybridized carbons (Fsp3) is 0.188. The number of carbonyl (C=O) groups excluding carboxylic acids is 1. The predicted octanol–water partition coefficient (Wildman–Crippen LogP) is 3.70. The fourth-order valence-electron chi connectivity index (χ4n) is 2.07. The summed E-state index contributed by atoms with van der Waals surface area (Å²) in [4.78, 5) is 22.0. The molecule has 0 aliphatic heterocycles. The molecule has 2 aromatic rings. The normalized spacial score (nSPS) is 10.2. The first-order chi connectivity index (χ1) is 10.6. The summed E-state index contributed by atoms with van der Waals surface area (Å²) >= 11 is 0. The van der Waals surface area contributed by atoms with Gasteiger partial charge in [0.05, 0.1) is 11.0 Å². The van der Waals surface area contributed by atoms with Gasteiger partial charge in [-0.1, -0.05) is 30.3 Å². The summed E-state index contributed by atoms with van der Waals surface area (Å²) in [6.45, 7) is 0. The van der Waals surface area contributed by atoms with E-state index in [1.807, 2.05) is 30.3 Å². The Bertz CT molecular complexity index is 674. The second-order valence-electron chi connectivity index (χ2n) is 4.81. The van der Waals surface area contributed by atoms with Crippen molar-refractivity contribution >= 4 is 17.3 Å². The van der Waals surface area contributed by atoms with Crippen LogP contribution in [0.4, 0.5) is 15.8 Å². The molecular formula is C16H15FN2O3. The Labute approximate surface area is 126 Å². The molecule has 1 amide bonds. The van der Waals surface area contributed by atoms with E-state index in [0.29, 0.717) is 6.42 Å². The Morgan fingerprint density at radius 1 is 1.18 bits per heavy atom. The molecule has 0 aliphatic carbocycles. The Balaban J connectivity index is 1.91. The number of halogens is 1. The van der Waals surface area contributed by atoms with Gasteiger partial charge in [0.25, 0.3) is 5.69 Å². The highest BCUT2D eigenvalue weighted by Gasteiger charge is 2.16. The maximum Gasteiger partial charge on any atom is 0.295 e. The monoisotopic (exact) mass is 302 g/mol. The zero-order valence-electron chi connectivity index (χ0n) is 11.8. The number of nitro groups is 1. The van der Waals surface area contributed by atoms with Gasteiger partial charge in [-0.25, -0.2) is 4.39 Å². The second kappa shape index (κ2) is 7.31. The molecule has 0 heterocycles. The zero-order chi connectivity index (χ0) is 15.9. The Morgan fingerprint density at radius 3 is 2.59 bits per heavy atom. The van der Waals surface area contributed by atoms with Gasteiger partial charge in [-0.15, -0.1) is 0 Å². The summed E-state index contributed by atoms with van der Waals surface area (Å²) in [6, 6.07) is 12.8. The number of amides is 1. The molecule has 22 heavy (non-hydrogen) atoms. The van der Waals surface area contributed by atoms with Crippen molar-refractivity contribution in [3.8, 4) is 0 Å². The molecular weight excluding hydrogens is 287 g/mol. The minimum Gasteiger partial charge on any atom is -0.320 e. The first-order valence-electron chi connectivity index (χ1n) is 6.84. The van der Waals surface area contributed by atoms with Gasteiger partial charge in [0.2, 0.25) is 5.91 Å². The highest BCUT2D eigenvalue weighted by atomic mass is 19.1. The quantitative estimate of drug-likeness (QED) is 0.653. The lowest BCUT2D eigenvalue weighted by molar-refractivity contribution is -0.384. The van der Waals surface area contributed by atoms with Crippen molar-refractivity contribution < 1.29 is 14.1 Å². The van der Waals surface area contributed by atoms with Crippen molar-refractivity contribution in [3.63, 3.8) is 0 Å². The van der Waals surface area contributed by atoms with Gasteiger partial charge in [-0.05, 0) is 30.5 Å². The minimum absolute atomic E-state index is 0.0103. The summed E-state index contributed by atoms with van der Waals surface area (Å²) in [5.74, 6) is -1.04. The van der Waals surface area contributed by atoms with Gasteiger partial charge in [0, 0.05) is 6.42 Å². The maximum absolute atomic E-state index is 13.0. The third-order valence-electron chi connectivity index (χ3n) is 3.14. The molecule has 0 aliphatic rings. The number of benzene rings is 2. The van der Waals surface area contributed by atoms with Crippen LogP contribution >= 0.6 is 0 Å². The molecule has 2 aromatic carbocycles. The minimum atomic E-state index is -0.720. The molecule has 0 saturated heterocycles. The average Bonchev–Trinajstić information content (AvgIpc) is 2.50. The molecule has 5 nitrogen and oxygen atoms in total. The SMILES string of the molecule is O=C(CCCc1ccccc1)Nc1ccc(F)cc1[N+](=O)[O-]. The van der Waals surface area contributed by atoms with Crippen LogP contribution < -0.4 is 5.32 Å². The zero-order valence-corrected chi connectivity index (χ0v) is 11.8. The number of rotatable bonds is 6. The van der Waals surface area contributed by atoms with Crippen molar-refractivity contribution in [1.82, 2.24) is 0 Å². The highest BCUT2D eigenvalue weighted by molar-refractivity contribution is 5.93. The lowest BCUT2D eigenvalue weighted by Crippen LogP contribution is -2.13. The molecule has 1 N–H and O–H groups in total. The largest absolute Gasteiger partial charge is 0.320 e. The van der Waals surface area contributed by atoms with Crippen molar-refractivity contribution in [1.29, 1.82) is 0 Å². The lowest BCUT2D eigenvalue weighted by Gasteiger charge is -2.06. The standard InChI is InChI=1S/C16H15FN2O3/c17-13-9-10-14(15(11-13)19(21)22)18-16(20)8-4-7-12-5-2-1-3-6-12/h1-3,5-6,9-11H,4,7-8H2,(H,18,20). The molecule has 0 fully saturated rings. The van der Waals surface area contributed by atoms with E-state index in [0.717, 1.165) is 24.1 Å². The molecule has 6 heteroatoms. The van der Waals surface area contributed by atoms with E-state index < -0.39 is 16.4 Å². The first kappa shape index (κ1) is 15.6. The summed E-state index contributed by atoms with van der Waals surface area (Å²) in [5.41, 5.74) is 0.690. The fourth-order valence-corrected chi connectivity index (χ4v) is 2.07. The molecule has 0 radical (unpaired) electrons. The number of hydrogen-bond donors (Lipinski definition) is 1. The number of aryl methyl sites for hydroxylation is 1. The summed E-state index contributed by atoms with van der Waals surface area (Å²) in [5, 5.41) is 13.3. The molecule has 0 aromatic heterocycles. The molecule has 0 saturated carbocycles. The van der Waals surface area contributed by atoms with Crippen LogP contribution in [0.25, 0.3) is 0 Å². The van der Waals surface area contributed by atoms with Crippen molar-refractivity contribution in [3.05, 3.63) is 70.0 Å². The highest BCUT2D eigenvalue weighted by Crippen LogP contribution is 2.25. The third-order valence-corrected chi connectivity index (χ3v) is 3.14. The number of carbonyl (C=O) groups is 1. The van der Waals surface area contributed by atoms with E-state index in [1.54, 1.807) is 0 Å². The van der Waals surface area contributed by atoms with E-state index >= 15 is 0 Å². The van der Waals surface area contributed by atoms with Crippen LogP contribution in [0.15, 0.2) is 48.5 Å². The molecule has 114 valence electrons. The average molecular weight is 302 g/mol. The Morgan fingerprint density at radius 2 is 1.91 bits per heavy atom. The van der Waals surface area contributed by atoms with E-state index in [4.69, 9.17) is 0 Å². The van der Waals surface area contributed by atoms with Gasteiger partial charge >= 0.3 is 0 Å². The van der Waals surface area contributed by atoms with E-state index in [9.17, 15) is 19.3 Å². The van der Waals surface area contributed by atoms with Gasteiger partial charge in [0.1, 0.15) is 11.5 Å². The third kappa shape index (κ3) is 4.37. The van der Waals surface area contributed by atoms with Crippen LogP contribution in [0.3, 0.4) is 0 Å². The predicted molar refractivity (Wildman–Crippen MR) is 81.1 cm³/mol. The van der Waals surface area contributed by atoms with Crippen LogP contribution in [0.5, 0.6) is 0 Å². The van der Waals surface area contributed by atoms with Gasteiger partial charge < -0.3 is 5.32 Å². The molecule has 2 rings (SSSR count). The van der Waals surface area contributed by atoms with Crippen LogP contribution in [-0.4, -0.2) is 10.8 Å². The molecule has 0 spiro atoms. The Kier molecular flexibility index (Phi) is 5.19. The van der Waals surface area contributed by atoms with Gasteiger partial charge in [-0.2, -0.15) is 0 Å². The number of nitro benzene ring substituents is 1. The summed E-state index contributed by atoms with van der Waals surface area (Å²) in [7, 11) is 0. The molecule has 0 unspecified atom stereocenters. The maximum atomic E-state index is 13.0. The number of nitrogens with one attached hydrogen (secondary N) is 1. The topological polar surface area (TPSA) is 72.2 Å². The number of anilines is 1. The summed E-state index contributed by atoms with van der Waals surface area (Å²) in [6.07, 6.45) is 1.62. The van der Waals surface area contributed by atoms with Gasteiger partial charge in [0.15, 0.2) is 0 Å². The van der Waals surface area contributed by atoms with Crippen LogP contribution in [0.1, 0.15) is 18.4 Å². The van der Waals surface area contributed by atoms with Crippen LogP contribution in [0, 0.1) is 15.9 Å². The lowest BCUT2D eigenvalue weighted by atomic mass is 10.1. The van der Waals surface area contributed by atoms with Crippen molar-refractivity contribution in [2.24, 2.45) is 0 Å². The summed E-state index contributed by atoms with van der Waals surface area (Å²) < 4.78 is 13.0. The van der Waals surface area contributed by atoms with Crippen molar-refractivity contribution in [2.75, 3.05) is 5.32 Å². The van der Waals surface area contributed by atoms with Crippen LogP contribution in [-0.2, 0) is 11.2 Å². The Hall–Kier alpha value is -2.76. The smallest absolute Gasteiger partial charge is 0.295 e. The molecule has 0 atom stereocenters. The first-order valence-corrected chi connectivity index (χ1v) is 6.84. The second-order valence-corrected chi connectivity index (χ2v) is 4.81. The number of nitrogens with zero attached hydrogens (tertiary/aromatic N) is 1. The van der Waals surface area contributed by atoms with Crippen LogP contribution in [0.2, 0.25) is 0 Å². The van der Waals surface area contributed by atoms with Gasteiger partial charge in [-0.3, -0.25) is 14.9 Å². The number of hydrogen-bond acceptors (Lipinski definition) is 3. The van der Waals surface area contributed by atoms with Crippen molar-refractivity contribution in [2.45, 2.75) is 19.3 Å². The molecule has 0 bridgehead atoms. The van der Waals surface area contributed by atoms with E-state index in [-0.39, 0.29) is 18.0 Å². The van der Waals surface area contributed by atoms with E-state index in [1.165, 1.54) is 6.07 Å².